The second kappa shape index (κ2) is 4.02. The first kappa shape index (κ1) is 6.85. The van der Waals surface area contributed by atoms with E-state index in [9.17, 15) is 0 Å². The van der Waals surface area contributed by atoms with Gasteiger partial charge in [0, 0.05) is 0 Å². The van der Waals surface area contributed by atoms with Crippen LogP contribution in [0.3, 0.4) is 0 Å². The van der Waals surface area contributed by atoms with Gasteiger partial charge >= 0.3 is 0 Å². The van der Waals surface area contributed by atoms with Gasteiger partial charge in [0.25, 0.3) is 0 Å². The highest BCUT2D eigenvalue weighted by Gasteiger charge is 1.85. The Bertz CT molecular complexity index is 62.7. The fourth-order valence-corrected chi connectivity index (χ4v) is 0.197. The third kappa shape index (κ3) is 3.69. The molecule has 0 rings (SSSR count). The van der Waals surface area contributed by atoms with Gasteiger partial charge in [0.15, 0.2) is 0 Å². The molecule has 0 aliphatic heterocycles. The molecular formula is C4H8O2S. The Kier molecular flexibility index (Phi) is 3.93. The van der Waals surface area contributed by atoms with Gasteiger partial charge in [-0.1, -0.05) is 6.58 Å². The average Bonchev–Trinajstić information content (AvgIpc) is 1.68. The molecule has 0 atom stereocenters. The molecule has 0 saturated heterocycles. The summed E-state index contributed by atoms with van der Waals surface area (Å²) in [5.41, 5.74) is 0. The van der Waals surface area contributed by atoms with Crippen LogP contribution in [0.25, 0.3) is 0 Å². The highest BCUT2D eigenvalue weighted by Crippen LogP contribution is 1.93. The van der Waals surface area contributed by atoms with Crippen LogP contribution >= 0.6 is 12.6 Å². The van der Waals surface area contributed by atoms with E-state index in [1.807, 2.05) is 0 Å². The van der Waals surface area contributed by atoms with Crippen molar-refractivity contribution in [3.8, 4) is 0 Å². The van der Waals surface area contributed by atoms with E-state index in [-0.39, 0.29) is 0 Å². The van der Waals surface area contributed by atoms with Crippen molar-refractivity contribution in [3.05, 3.63) is 12.3 Å². The quantitative estimate of drug-likeness (QED) is 0.259. The van der Waals surface area contributed by atoms with E-state index in [1.165, 1.54) is 7.11 Å². The molecule has 0 aliphatic carbocycles. The van der Waals surface area contributed by atoms with Crippen molar-refractivity contribution in [2.45, 2.75) is 0 Å². The molecule has 0 spiro atoms. The summed E-state index contributed by atoms with van der Waals surface area (Å²) in [6.07, 6.45) is 0. The van der Waals surface area contributed by atoms with Gasteiger partial charge in [-0.05, 0) is 0 Å². The van der Waals surface area contributed by atoms with E-state index in [1.54, 1.807) is 0 Å². The lowest BCUT2D eigenvalue weighted by atomic mass is 10.7. The van der Waals surface area contributed by atoms with E-state index >= 15 is 0 Å². The largest absolute Gasteiger partial charge is 0.342 e. The minimum Gasteiger partial charge on any atom is -0.342 e. The lowest BCUT2D eigenvalue weighted by Gasteiger charge is -1.97. The minimum absolute atomic E-state index is 0.494. The first-order valence-electron chi connectivity index (χ1n) is 1.80. The molecule has 0 aliphatic rings. The van der Waals surface area contributed by atoms with Gasteiger partial charge in [0.05, 0.1) is 12.9 Å². The second-order valence-corrected chi connectivity index (χ2v) is 1.26. The van der Waals surface area contributed by atoms with Crippen LogP contribution in [0.1, 0.15) is 0 Å². The van der Waals surface area contributed by atoms with E-state index in [2.05, 4.69) is 29.0 Å². The Balaban J connectivity index is 3.00. The number of rotatable bonds is 3. The van der Waals surface area contributed by atoms with Crippen LogP contribution in [-0.2, 0) is 9.78 Å². The van der Waals surface area contributed by atoms with Gasteiger partial charge in [0.1, 0.15) is 5.76 Å². The van der Waals surface area contributed by atoms with Gasteiger partial charge in [-0.25, -0.2) is 0 Å². The molecule has 0 aromatic heterocycles. The summed E-state index contributed by atoms with van der Waals surface area (Å²) in [4.78, 5) is 8.67. The normalized spacial score (nSPS) is 8.29. The third-order valence-corrected chi connectivity index (χ3v) is 0.730. The predicted octanol–water partition coefficient (Wildman–Crippen LogP) is 1.01. The minimum atomic E-state index is 0.494. The molecule has 0 amide bonds. The first-order valence-corrected chi connectivity index (χ1v) is 2.43. The summed E-state index contributed by atoms with van der Waals surface area (Å²) in [6, 6.07) is 0. The zero-order valence-electron chi connectivity index (χ0n) is 4.18. The van der Waals surface area contributed by atoms with Crippen LogP contribution in [-0.4, -0.2) is 12.9 Å². The Morgan fingerprint density at radius 3 is 2.57 bits per heavy atom. The van der Waals surface area contributed by atoms with Crippen LogP contribution in [0.15, 0.2) is 12.3 Å². The zero-order chi connectivity index (χ0) is 5.70. The van der Waals surface area contributed by atoms with Gasteiger partial charge in [-0.15, -0.1) is 0 Å². The predicted molar refractivity (Wildman–Crippen MR) is 31.1 cm³/mol. The van der Waals surface area contributed by atoms with Crippen molar-refractivity contribution in [2.24, 2.45) is 0 Å². The molecule has 0 aromatic carbocycles. The highest BCUT2D eigenvalue weighted by molar-refractivity contribution is 7.80. The first-order chi connectivity index (χ1) is 3.31. The monoisotopic (exact) mass is 120 g/mol. The van der Waals surface area contributed by atoms with E-state index in [0.717, 1.165) is 0 Å². The number of hydrogen-bond donors (Lipinski definition) is 1. The lowest BCUT2D eigenvalue weighted by Crippen LogP contribution is -1.88. The van der Waals surface area contributed by atoms with E-state index in [4.69, 9.17) is 0 Å². The maximum atomic E-state index is 4.42. The molecule has 2 nitrogen and oxygen atoms in total. The standard InChI is InChI=1S/C4H8O2S/c1-4(3-7)6-5-2/h7H,1,3H2,2H3. The number of hydrogen-bond acceptors (Lipinski definition) is 3. The van der Waals surface area contributed by atoms with Crippen molar-refractivity contribution in [1.29, 1.82) is 0 Å². The van der Waals surface area contributed by atoms with Gasteiger partial charge in [-0.3, -0.25) is 0 Å². The van der Waals surface area contributed by atoms with Crippen LogP contribution in [0, 0.1) is 0 Å². The summed E-state index contributed by atoms with van der Waals surface area (Å²) in [5, 5.41) is 0. The lowest BCUT2D eigenvalue weighted by molar-refractivity contribution is -0.235. The molecule has 0 bridgehead atoms. The van der Waals surface area contributed by atoms with Crippen LogP contribution < -0.4 is 0 Å². The van der Waals surface area contributed by atoms with Crippen LogP contribution in [0.4, 0.5) is 0 Å². The molecule has 0 unspecified atom stereocenters. The smallest absolute Gasteiger partial charge is 0.144 e. The maximum absolute atomic E-state index is 4.42. The zero-order valence-corrected chi connectivity index (χ0v) is 5.07. The molecule has 0 heterocycles. The van der Waals surface area contributed by atoms with Gasteiger partial charge in [-0.2, -0.15) is 17.5 Å². The van der Waals surface area contributed by atoms with Crippen molar-refractivity contribution < 1.29 is 9.78 Å². The third-order valence-electron chi connectivity index (χ3n) is 0.378. The Morgan fingerprint density at radius 2 is 2.43 bits per heavy atom. The maximum Gasteiger partial charge on any atom is 0.144 e. The molecule has 0 aromatic rings. The second-order valence-electron chi connectivity index (χ2n) is 0.947. The highest BCUT2D eigenvalue weighted by atomic mass is 32.1. The average molecular weight is 120 g/mol. The van der Waals surface area contributed by atoms with Crippen molar-refractivity contribution >= 4 is 12.6 Å². The van der Waals surface area contributed by atoms with E-state index < -0.39 is 0 Å². The topological polar surface area (TPSA) is 18.5 Å². The fraction of sp³-hybridized carbons (Fsp3) is 0.500. The molecule has 7 heavy (non-hydrogen) atoms. The van der Waals surface area contributed by atoms with Crippen molar-refractivity contribution in [2.75, 3.05) is 12.9 Å². The molecule has 0 fully saturated rings. The summed E-state index contributed by atoms with van der Waals surface area (Å²) in [6.45, 7) is 3.44. The Hall–Kier alpha value is -0.150. The molecular weight excluding hydrogens is 112 g/mol. The molecule has 3 heteroatoms. The summed E-state index contributed by atoms with van der Waals surface area (Å²) in [5.74, 6) is 1.01. The van der Waals surface area contributed by atoms with E-state index in [0.29, 0.717) is 11.5 Å². The molecule has 0 radical (unpaired) electrons. The van der Waals surface area contributed by atoms with Crippen LogP contribution in [0.5, 0.6) is 0 Å². The van der Waals surface area contributed by atoms with Gasteiger partial charge in [0.2, 0.25) is 0 Å². The van der Waals surface area contributed by atoms with Crippen molar-refractivity contribution in [3.63, 3.8) is 0 Å². The summed E-state index contributed by atoms with van der Waals surface area (Å²) >= 11 is 3.84. The fourth-order valence-electron chi connectivity index (χ4n) is 0.144. The molecule has 0 N–H and O–H groups in total. The number of thiol groups is 1. The van der Waals surface area contributed by atoms with Crippen molar-refractivity contribution in [1.82, 2.24) is 0 Å². The Morgan fingerprint density at radius 1 is 1.86 bits per heavy atom. The molecule has 0 saturated carbocycles. The Labute approximate surface area is 48.5 Å². The van der Waals surface area contributed by atoms with Crippen LogP contribution in [0.2, 0.25) is 0 Å². The molecule has 42 valence electrons. The SMILES string of the molecule is C=C(CS)OOC. The summed E-state index contributed by atoms with van der Waals surface area (Å²) in [7, 11) is 1.43. The summed E-state index contributed by atoms with van der Waals surface area (Å²) < 4.78 is 0. The van der Waals surface area contributed by atoms with Gasteiger partial charge < -0.3 is 4.89 Å².